The minimum absolute atomic E-state index is 0.0810. The van der Waals surface area contributed by atoms with E-state index in [1.165, 1.54) is 6.07 Å². The summed E-state index contributed by atoms with van der Waals surface area (Å²) in [4.78, 5) is 6.48. The molecule has 0 aliphatic rings. The van der Waals surface area contributed by atoms with Crippen LogP contribution in [0.3, 0.4) is 0 Å². The zero-order valence-electron chi connectivity index (χ0n) is 16.8. The highest BCUT2D eigenvalue weighted by molar-refractivity contribution is 5.79. The molecule has 7 heteroatoms. The minimum Gasteiger partial charge on any atom is -0.386 e. The zero-order valence-corrected chi connectivity index (χ0v) is 16.8. The highest BCUT2D eigenvalue weighted by atomic mass is 19.1. The van der Waals surface area contributed by atoms with E-state index in [0.717, 1.165) is 11.3 Å². The van der Waals surface area contributed by atoms with Crippen LogP contribution in [0.5, 0.6) is 0 Å². The van der Waals surface area contributed by atoms with Gasteiger partial charge in [0.05, 0.1) is 12.2 Å². The molecule has 2 N–H and O–H groups in total. The molecule has 6 nitrogen and oxygen atoms in total. The Labute approximate surface area is 160 Å². The van der Waals surface area contributed by atoms with Gasteiger partial charge in [-0.1, -0.05) is 32.0 Å². The number of hydrogen-bond acceptors (Lipinski definition) is 3. The molecule has 2 rings (SSSR count). The Morgan fingerprint density at radius 2 is 2.07 bits per heavy atom. The molecule has 1 heterocycles. The third-order valence-electron chi connectivity index (χ3n) is 4.27. The van der Waals surface area contributed by atoms with Gasteiger partial charge in [-0.2, -0.15) is 5.10 Å². The molecule has 0 saturated heterocycles. The van der Waals surface area contributed by atoms with Crippen LogP contribution in [-0.4, -0.2) is 45.9 Å². The van der Waals surface area contributed by atoms with E-state index < -0.39 is 11.9 Å². The Morgan fingerprint density at radius 1 is 1.37 bits per heavy atom. The summed E-state index contributed by atoms with van der Waals surface area (Å²) >= 11 is 0. The van der Waals surface area contributed by atoms with Crippen molar-refractivity contribution in [2.24, 2.45) is 12.0 Å². The third-order valence-corrected chi connectivity index (χ3v) is 4.27. The number of halogens is 1. The summed E-state index contributed by atoms with van der Waals surface area (Å²) in [5.74, 6) is 0.568. The van der Waals surface area contributed by atoms with Crippen LogP contribution in [-0.2, 0) is 13.6 Å². The molecule has 1 unspecified atom stereocenters. The standard InChI is InChI=1S/C20H30FN5O/c1-6-22-20(23-11-18(27)16-9-7-8-10-17(16)21)25(4)12-15-13-26(5)24-19(15)14(2)3/h7-10,13-14,18,27H,6,11-12H2,1-5H3,(H,22,23). The maximum atomic E-state index is 13.8. The molecular formula is C20H30FN5O. The van der Waals surface area contributed by atoms with E-state index in [1.807, 2.05) is 36.8 Å². The van der Waals surface area contributed by atoms with E-state index >= 15 is 0 Å². The number of hydrogen-bond donors (Lipinski definition) is 2. The van der Waals surface area contributed by atoms with Gasteiger partial charge in [0.2, 0.25) is 0 Å². The molecule has 0 bridgehead atoms. The Kier molecular flexibility index (Phi) is 7.36. The van der Waals surface area contributed by atoms with E-state index in [-0.39, 0.29) is 12.1 Å². The molecule has 0 saturated carbocycles. The fourth-order valence-electron chi connectivity index (χ4n) is 2.98. The molecule has 0 radical (unpaired) electrons. The average molecular weight is 375 g/mol. The first-order valence-corrected chi connectivity index (χ1v) is 9.27. The van der Waals surface area contributed by atoms with Gasteiger partial charge in [-0.25, -0.2) is 4.39 Å². The van der Waals surface area contributed by atoms with E-state index in [1.54, 1.807) is 18.2 Å². The van der Waals surface area contributed by atoms with E-state index in [0.29, 0.717) is 25.0 Å². The monoisotopic (exact) mass is 375 g/mol. The van der Waals surface area contributed by atoms with Crippen LogP contribution in [0.25, 0.3) is 0 Å². The van der Waals surface area contributed by atoms with Crippen LogP contribution in [0.15, 0.2) is 35.5 Å². The van der Waals surface area contributed by atoms with Gasteiger partial charge < -0.3 is 15.3 Å². The van der Waals surface area contributed by atoms with Gasteiger partial charge in [0.15, 0.2) is 5.96 Å². The largest absolute Gasteiger partial charge is 0.386 e. The number of aryl methyl sites for hydroxylation is 1. The number of nitrogens with zero attached hydrogens (tertiary/aromatic N) is 4. The Balaban J connectivity index is 2.13. The van der Waals surface area contributed by atoms with Crippen molar-refractivity contribution in [1.29, 1.82) is 0 Å². The summed E-state index contributed by atoms with van der Waals surface area (Å²) in [5, 5.41) is 18.1. The quantitative estimate of drug-likeness (QED) is 0.577. The van der Waals surface area contributed by atoms with Crippen LogP contribution in [0.1, 0.15) is 49.6 Å². The molecule has 1 aromatic carbocycles. The van der Waals surface area contributed by atoms with Crippen LogP contribution < -0.4 is 5.32 Å². The van der Waals surface area contributed by atoms with Crippen molar-refractivity contribution in [2.45, 2.75) is 39.3 Å². The van der Waals surface area contributed by atoms with Gasteiger partial charge in [0.1, 0.15) is 11.9 Å². The summed E-state index contributed by atoms with van der Waals surface area (Å²) in [6, 6.07) is 6.23. The summed E-state index contributed by atoms with van der Waals surface area (Å²) in [6.07, 6.45) is 1.03. The fourth-order valence-corrected chi connectivity index (χ4v) is 2.98. The number of aliphatic imine (C=N–C) groups is 1. The van der Waals surface area contributed by atoms with Gasteiger partial charge >= 0.3 is 0 Å². The second-order valence-corrected chi connectivity index (χ2v) is 6.96. The molecule has 2 aromatic rings. The summed E-state index contributed by atoms with van der Waals surface area (Å²) in [6.45, 7) is 7.65. The Bertz CT molecular complexity index is 771. The van der Waals surface area contributed by atoms with Gasteiger partial charge in [0, 0.05) is 44.5 Å². The lowest BCUT2D eigenvalue weighted by Gasteiger charge is -2.23. The minimum atomic E-state index is -0.988. The van der Waals surface area contributed by atoms with Crippen molar-refractivity contribution >= 4 is 5.96 Å². The predicted molar refractivity (Wildman–Crippen MR) is 106 cm³/mol. The summed E-state index contributed by atoms with van der Waals surface area (Å²) in [5.41, 5.74) is 2.45. The number of nitrogens with one attached hydrogen (secondary N) is 1. The molecule has 148 valence electrons. The summed E-state index contributed by atoms with van der Waals surface area (Å²) in [7, 11) is 3.85. The Hall–Kier alpha value is -2.41. The highest BCUT2D eigenvalue weighted by Gasteiger charge is 2.16. The van der Waals surface area contributed by atoms with Gasteiger partial charge in [0.25, 0.3) is 0 Å². The van der Waals surface area contributed by atoms with Crippen LogP contribution in [0.4, 0.5) is 4.39 Å². The van der Waals surface area contributed by atoms with Crippen molar-refractivity contribution in [2.75, 3.05) is 20.1 Å². The molecule has 1 atom stereocenters. The lowest BCUT2D eigenvalue weighted by atomic mass is 10.1. The SMILES string of the molecule is CCNC(=NCC(O)c1ccccc1F)N(C)Cc1cn(C)nc1C(C)C. The number of rotatable bonds is 7. The van der Waals surface area contributed by atoms with E-state index in [4.69, 9.17) is 0 Å². The first kappa shape index (κ1) is 20.9. The zero-order chi connectivity index (χ0) is 20.0. The van der Waals surface area contributed by atoms with Gasteiger partial charge in [-0.05, 0) is 18.9 Å². The number of benzene rings is 1. The van der Waals surface area contributed by atoms with Crippen molar-refractivity contribution < 1.29 is 9.50 Å². The van der Waals surface area contributed by atoms with E-state index in [9.17, 15) is 9.50 Å². The van der Waals surface area contributed by atoms with Gasteiger partial charge in [-0.3, -0.25) is 9.67 Å². The van der Waals surface area contributed by atoms with Crippen molar-refractivity contribution in [3.05, 3.63) is 53.1 Å². The van der Waals surface area contributed by atoms with Crippen molar-refractivity contribution in [3.63, 3.8) is 0 Å². The molecule has 1 aromatic heterocycles. The number of aromatic nitrogens is 2. The fraction of sp³-hybridized carbons (Fsp3) is 0.500. The maximum Gasteiger partial charge on any atom is 0.194 e. The highest BCUT2D eigenvalue weighted by Crippen LogP contribution is 2.19. The molecule has 0 amide bonds. The number of guanidine groups is 1. The second-order valence-electron chi connectivity index (χ2n) is 6.96. The molecule has 0 spiro atoms. The first-order valence-electron chi connectivity index (χ1n) is 9.27. The van der Waals surface area contributed by atoms with Crippen LogP contribution in [0.2, 0.25) is 0 Å². The average Bonchev–Trinajstić information content (AvgIpc) is 2.99. The lowest BCUT2D eigenvalue weighted by molar-refractivity contribution is 0.181. The number of aliphatic hydroxyl groups is 1. The normalized spacial score (nSPS) is 13.1. The lowest BCUT2D eigenvalue weighted by Crippen LogP contribution is -2.39. The second kappa shape index (κ2) is 9.50. The molecular weight excluding hydrogens is 345 g/mol. The molecule has 0 aliphatic carbocycles. The van der Waals surface area contributed by atoms with Crippen molar-refractivity contribution in [1.82, 2.24) is 20.0 Å². The first-order chi connectivity index (χ1) is 12.8. The molecule has 27 heavy (non-hydrogen) atoms. The van der Waals surface area contributed by atoms with Crippen LogP contribution >= 0.6 is 0 Å². The van der Waals surface area contributed by atoms with Crippen LogP contribution in [0, 0.1) is 5.82 Å². The maximum absolute atomic E-state index is 13.8. The van der Waals surface area contributed by atoms with Gasteiger partial charge in [-0.15, -0.1) is 0 Å². The molecule has 0 fully saturated rings. The number of aliphatic hydroxyl groups excluding tert-OH is 1. The third kappa shape index (κ3) is 5.53. The molecule has 0 aliphatic heterocycles. The Morgan fingerprint density at radius 3 is 2.70 bits per heavy atom. The predicted octanol–water partition coefficient (Wildman–Crippen LogP) is 2.81. The van der Waals surface area contributed by atoms with Crippen molar-refractivity contribution in [3.8, 4) is 0 Å². The smallest absolute Gasteiger partial charge is 0.194 e. The summed E-state index contributed by atoms with van der Waals surface area (Å²) < 4.78 is 15.7. The topological polar surface area (TPSA) is 65.7 Å². The van der Waals surface area contributed by atoms with E-state index in [2.05, 4.69) is 29.3 Å².